The van der Waals surface area contributed by atoms with Crippen molar-refractivity contribution >= 4 is 21.9 Å². The number of carbonyl (C=O) groups excluding carboxylic acids is 1. The minimum Gasteiger partial charge on any atom is -0.461 e. The number of esters is 1. The SMILES string of the molecule is CC(C)(N)CCC(=O)OCc1cccc(Br)c1. The molecule has 0 amide bonds. The van der Waals surface area contributed by atoms with Crippen molar-refractivity contribution in [3.8, 4) is 0 Å². The molecule has 3 nitrogen and oxygen atoms in total. The van der Waals surface area contributed by atoms with E-state index in [-0.39, 0.29) is 11.5 Å². The van der Waals surface area contributed by atoms with Crippen LogP contribution in [-0.4, -0.2) is 11.5 Å². The Morgan fingerprint density at radius 1 is 1.47 bits per heavy atom. The average Bonchev–Trinajstić information content (AvgIpc) is 2.23. The molecule has 2 N–H and O–H groups in total. The van der Waals surface area contributed by atoms with E-state index in [0.717, 1.165) is 10.0 Å². The molecule has 0 spiro atoms. The first-order valence-corrected chi connectivity index (χ1v) is 6.35. The van der Waals surface area contributed by atoms with Crippen LogP contribution in [0.3, 0.4) is 0 Å². The Hall–Kier alpha value is -0.870. The zero-order valence-corrected chi connectivity index (χ0v) is 11.8. The van der Waals surface area contributed by atoms with E-state index in [1.165, 1.54) is 0 Å². The predicted octanol–water partition coefficient (Wildman–Crippen LogP) is 3.01. The van der Waals surface area contributed by atoms with Gasteiger partial charge in [0.05, 0.1) is 0 Å². The highest BCUT2D eigenvalue weighted by Gasteiger charge is 2.13. The third kappa shape index (κ3) is 6.44. The zero-order chi connectivity index (χ0) is 12.9. The van der Waals surface area contributed by atoms with Crippen molar-refractivity contribution < 1.29 is 9.53 Å². The molecule has 0 atom stereocenters. The number of benzene rings is 1. The van der Waals surface area contributed by atoms with E-state index in [0.29, 0.717) is 19.4 Å². The fourth-order valence-electron chi connectivity index (χ4n) is 1.29. The van der Waals surface area contributed by atoms with Crippen molar-refractivity contribution in [2.45, 2.75) is 38.8 Å². The summed E-state index contributed by atoms with van der Waals surface area (Å²) in [6.45, 7) is 4.10. The minimum atomic E-state index is -0.325. The molecule has 0 heterocycles. The predicted molar refractivity (Wildman–Crippen MR) is 71.4 cm³/mol. The molecule has 0 aliphatic carbocycles. The fourth-order valence-corrected chi connectivity index (χ4v) is 1.73. The molecule has 0 aliphatic rings. The van der Waals surface area contributed by atoms with Gasteiger partial charge < -0.3 is 10.5 Å². The van der Waals surface area contributed by atoms with Crippen LogP contribution in [0.15, 0.2) is 28.7 Å². The minimum absolute atomic E-state index is 0.205. The Morgan fingerprint density at radius 3 is 2.76 bits per heavy atom. The summed E-state index contributed by atoms with van der Waals surface area (Å²) in [5, 5.41) is 0. The summed E-state index contributed by atoms with van der Waals surface area (Å²) in [7, 11) is 0. The highest BCUT2D eigenvalue weighted by atomic mass is 79.9. The summed E-state index contributed by atoms with van der Waals surface area (Å²) in [4.78, 5) is 11.5. The molecule has 94 valence electrons. The fraction of sp³-hybridized carbons (Fsp3) is 0.462. The summed E-state index contributed by atoms with van der Waals surface area (Å²) >= 11 is 3.37. The summed E-state index contributed by atoms with van der Waals surface area (Å²) in [5.74, 6) is -0.205. The van der Waals surface area contributed by atoms with Crippen molar-refractivity contribution in [3.05, 3.63) is 34.3 Å². The lowest BCUT2D eigenvalue weighted by Gasteiger charge is -2.17. The molecule has 1 aromatic rings. The molecular weight excluding hydrogens is 282 g/mol. The number of nitrogens with two attached hydrogens (primary N) is 1. The van der Waals surface area contributed by atoms with Crippen LogP contribution in [-0.2, 0) is 16.1 Å². The summed E-state index contributed by atoms with van der Waals surface area (Å²) in [6.07, 6.45) is 0.988. The van der Waals surface area contributed by atoms with Gasteiger partial charge in [-0.1, -0.05) is 28.1 Å². The van der Waals surface area contributed by atoms with Gasteiger partial charge in [0.25, 0.3) is 0 Å². The molecule has 1 aromatic carbocycles. The monoisotopic (exact) mass is 299 g/mol. The van der Waals surface area contributed by atoms with Crippen molar-refractivity contribution in [2.24, 2.45) is 5.73 Å². The Kier molecular flexibility index (Phi) is 5.15. The van der Waals surface area contributed by atoms with Crippen molar-refractivity contribution in [3.63, 3.8) is 0 Å². The van der Waals surface area contributed by atoms with Crippen molar-refractivity contribution in [1.82, 2.24) is 0 Å². The van der Waals surface area contributed by atoms with Crippen LogP contribution in [0.1, 0.15) is 32.3 Å². The molecule has 0 radical (unpaired) electrons. The van der Waals surface area contributed by atoms with Crippen LogP contribution in [0.4, 0.5) is 0 Å². The topological polar surface area (TPSA) is 52.3 Å². The number of ether oxygens (including phenoxy) is 1. The molecule has 0 bridgehead atoms. The Morgan fingerprint density at radius 2 is 2.18 bits per heavy atom. The van der Waals surface area contributed by atoms with Crippen LogP contribution < -0.4 is 5.73 Å². The third-order valence-electron chi connectivity index (χ3n) is 2.26. The number of carbonyl (C=O) groups is 1. The molecule has 4 heteroatoms. The second kappa shape index (κ2) is 6.17. The highest BCUT2D eigenvalue weighted by molar-refractivity contribution is 9.10. The van der Waals surface area contributed by atoms with E-state index in [4.69, 9.17) is 10.5 Å². The normalized spacial score (nSPS) is 11.3. The van der Waals surface area contributed by atoms with Gasteiger partial charge in [0.15, 0.2) is 0 Å². The standard InChI is InChI=1S/C13H18BrNO2/c1-13(2,15)7-6-12(16)17-9-10-4-3-5-11(14)8-10/h3-5,8H,6-7,9,15H2,1-2H3. The van der Waals surface area contributed by atoms with Gasteiger partial charge in [-0.25, -0.2) is 0 Å². The average molecular weight is 300 g/mol. The van der Waals surface area contributed by atoms with Gasteiger partial charge in [-0.2, -0.15) is 0 Å². The Bertz CT molecular complexity index is 385. The molecule has 0 fully saturated rings. The largest absolute Gasteiger partial charge is 0.461 e. The first-order chi connectivity index (χ1) is 7.87. The van der Waals surface area contributed by atoms with Gasteiger partial charge in [-0.15, -0.1) is 0 Å². The maximum Gasteiger partial charge on any atom is 0.306 e. The summed E-state index contributed by atoms with van der Waals surface area (Å²) in [5.41, 5.74) is 6.44. The smallest absolute Gasteiger partial charge is 0.306 e. The molecule has 1 rings (SSSR count). The maximum absolute atomic E-state index is 11.5. The van der Waals surface area contributed by atoms with Gasteiger partial charge in [0, 0.05) is 16.4 Å². The molecule has 0 saturated heterocycles. The van der Waals surface area contributed by atoms with Crippen LogP contribution >= 0.6 is 15.9 Å². The quantitative estimate of drug-likeness (QED) is 0.850. The van der Waals surface area contributed by atoms with E-state index in [2.05, 4.69) is 15.9 Å². The maximum atomic E-state index is 11.5. The van der Waals surface area contributed by atoms with Crippen LogP contribution in [0.2, 0.25) is 0 Å². The van der Waals surface area contributed by atoms with Gasteiger partial charge in [-0.3, -0.25) is 4.79 Å². The van der Waals surface area contributed by atoms with E-state index in [1.54, 1.807) is 0 Å². The van der Waals surface area contributed by atoms with E-state index >= 15 is 0 Å². The van der Waals surface area contributed by atoms with E-state index < -0.39 is 0 Å². The Labute approximate surface area is 110 Å². The van der Waals surface area contributed by atoms with E-state index in [1.807, 2.05) is 38.1 Å². The lowest BCUT2D eigenvalue weighted by Crippen LogP contribution is -2.32. The lowest BCUT2D eigenvalue weighted by molar-refractivity contribution is -0.145. The van der Waals surface area contributed by atoms with Crippen LogP contribution in [0, 0.1) is 0 Å². The second-order valence-corrected chi connectivity index (χ2v) is 5.69. The highest BCUT2D eigenvalue weighted by Crippen LogP contribution is 2.13. The van der Waals surface area contributed by atoms with Crippen LogP contribution in [0.5, 0.6) is 0 Å². The molecule has 0 saturated carbocycles. The zero-order valence-electron chi connectivity index (χ0n) is 10.2. The number of rotatable bonds is 5. The Balaban J connectivity index is 2.33. The molecule has 0 aromatic heterocycles. The molecular formula is C13H18BrNO2. The lowest BCUT2D eigenvalue weighted by atomic mass is 10.0. The van der Waals surface area contributed by atoms with Crippen molar-refractivity contribution in [2.75, 3.05) is 0 Å². The van der Waals surface area contributed by atoms with Crippen molar-refractivity contribution in [1.29, 1.82) is 0 Å². The van der Waals surface area contributed by atoms with Gasteiger partial charge in [-0.05, 0) is 38.0 Å². The number of hydrogen-bond donors (Lipinski definition) is 1. The van der Waals surface area contributed by atoms with E-state index in [9.17, 15) is 4.79 Å². The van der Waals surface area contributed by atoms with Gasteiger partial charge in [0.1, 0.15) is 6.61 Å². The molecule has 17 heavy (non-hydrogen) atoms. The first-order valence-electron chi connectivity index (χ1n) is 5.56. The second-order valence-electron chi connectivity index (χ2n) is 4.78. The first kappa shape index (κ1) is 14.2. The summed E-state index contributed by atoms with van der Waals surface area (Å²) in [6, 6.07) is 7.70. The van der Waals surface area contributed by atoms with Gasteiger partial charge in [0.2, 0.25) is 0 Å². The number of halogens is 1. The third-order valence-corrected chi connectivity index (χ3v) is 2.76. The number of hydrogen-bond acceptors (Lipinski definition) is 3. The van der Waals surface area contributed by atoms with Crippen LogP contribution in [0.25, 0.3) is 0 Å². The molecule has 0 unspecified atom stereocenters. The van der Waals surface area contributed by atoms with Gasteiger partial charge >= 0.3 is 5.97 Å². The molecule has 0 aliphatic heterocycles. The summed E-state index contributed by atoms with van der Waals surface area (Å²) < 4.78 is 6.14.